The molecule has 6 nitrogen and oxygen atoms in total. The number of hydrogen-bond acceptors (Lipinski definition) is 5. The number of rotatable bonds is 1. The Hall–Kier alpha value is -2.47. The number of ether oxygens (including phenoxy) is 1. The Kier molecular flexibility index (Phi) is 3.10. The van der Waals surface area contributed by atoms with Gasteiger partial charge in [-0.25, -0.2) is 14.8 Å². The first-order chi connectivity index (χ1) is 9.96. The van der Waals surface area contributed by atoms with Gasteiger partial charge in [-0.2, -0.15) is 0 Å². The topological polar surface area (TPSA) is 61.7 Å². The van der Waals surface area contributed by atoms with Crippen molar-refractivity contribution in [3.05, 3.63) is 42.2 Å². The van der Waals surface area contributed by atoms with E-state index in [-0.39, 0.29) is 0 Å². The molecule has 1 aliphatic heterocycles. The Morgan fingerprint density at radius 2 is 2.05 bits per heavy atom. The summed E-state index contributed by atoms with van der Waals surface area (Å²) in [6.45, 7) is 5.48. The van der Waals surface area contributed by atoms with Crippen LogP contribution in [0.3, 0.4) is 0 Å². The Morgan fingerprint density at radius 1 is 1.29 bits per heavy atom. The Bertz CT molecular complexity index is 725. The van der Waals surface area contributed by atoms with E-state index in [1.54, 1.807) is 0 Å². The van der Waals surface area contributed by atoms with Crippen LogP contribution in [0.5, 0.6) is 0 Å². The summed E-state index contributed by atoms with van der Waals surface area (Å²) in [4.78, 5) is 22.2. The second-order valence-electron chi connectivity index (χ2n) is 5.70. The van der Waals surface area contributed by atoms with E-state index in [2.05, 4.69) is 10.5 Å². The molecule has 3 rings (SSSR count). The molecule has 0 aliphatic carbocycles. The molecular formula is C15H16N2O4. The van der Waals surface area contributed by atoms with Gasteiger partial charge in [0.1, 0.15) is 11.3 Å². The van der Waals surface area contributed by atoms with Gasteiger partial charge in [-0.1, -0.05) is 23.2 Å². The van der Waals surface area contributed by atoms with Crippen molar-refractivity contribution < 1.29 is 19.4 Å². The summed E-state index contributed by atoms with van der Waals surface area (Å²) in [5.74, 6) is 0.414. The van der Waals surface area contributed by atoms with Gasteiger partial charge in [-0.05, 0) is 32.9 Å². The maximum absolute atomic E-state index is 12.5. The summed E-state index contributed by atoms with van der Waals surface area (Å²) >= 11 is 0. The molecule has 0 saturated heterocycles. The Morgan fingerprint density at radius 3 is 2.71 bits per heavy atom. The minimum Gasteiger partial charge on any atom is -0.443 e. The van der Waals surface area contributed by atoms with Gasteiger partial charge >= 0.3 is 6.09 Å². The van der Waals surface area contributed by atoms with Crippen LogP contribution in [-0.4, -0.2) is 16.3 Å². The molecule has 1 aliphatic rings. The van der Waals surface area contributed by atoms with Crippen LogP contribution in [-0.2, 0) is 14.6 Å². The fourth-order valence-electron chi connectivity index (χ4n) is 2.13. The fraction of sp³-hybridized carbons (Fsp3) is 0.267. The molecular weight excluding hydrogens is 272 g/mol. The molecule has 6 heteroatoms. The van der Waals surface area contributed by atoms with E-state index in [0.717, 1.165) is 10.9 Å². The monoisotopic (exact) mass is 288 g/mol. The maximum Gasteiger partial charge on any atom is 0.419 e. The second-order valence-corrected chi connectivity index (χ2v) is 5.70. The van der Waals surface area contributed by atoms with Gasteiger partial charge in [0.25, 0.3) is 0 Å². The number of carbonyl (C=O) groups is 1. The lowest BCUT2D eigenvalue weighted by Gasteiger charge is -2.20. The third-order valence-electron chi connectivity index (χ3n) is 2.91. The molecule has 0 saturated carbocycles. The first-order valence-corrected chi connectivity index (χ1v) is 6.59. The second kappa shape index (κ2) is 4.82. The third-order valence-corrected chi connectivity index (χ3v) is 2.91. The smallest absolute Gasteiger partial charge is 0.419 e. The summed E-state index contributed by atoms with van der Waals surface area (Å²) in [6, 6.07) is 9.40. The molecule has 0 bridgehead atoms. The zero-order valence-electron chi connectivity index (χ0n) is 12.0. The molecule has 1 aromatic carbocycles. The van der Waals surface area contributed by atoms with Crippen LogP contribution in [0.1, 0.15) is 26.5 Å². The fourth-order valence-corrected chi connectivity index (χ4v) is 2.13. The molecule has 2 aromatic rings. The van der Waals surface area contributed by atoms with Crippen molar-refractivity contribution in [3.8, 4) is 0 Å². The molecule has 0 atom stereocenters. The summed E-state index contributed by atoms with van der Waals surface area (Å²) in [7, 11) is 0. The van der Waals surface area contributed by atoms with Crippen molar-refractivity contribution in [1.29, 1.82) is 0 Å². The minimum atomic E-state index is -0.584. The lowest BCUT2D eigenvalue weighted by atomic mass is 10.2. The highest BCUT2D eigenvalue weighted by Gasteiger charge is 2.25. The number of nitrogens with one attached hydrogen (secondary N) is 1. The highest BCUT2D eigenvalue weighted by atomic mass is 17.3. The molecule has 0 fully saturated rings. The van der Waals surface area contributed by atoms with Crippen molar-refractivity contribution in [2.45, 2.75) is 26.4 Å². The van der Waals surface area contributed by atoms with Crippen LogP contribution in [0.2, 0.25) is 0 Å². The first kappa shape index (κ1) is 13.5. The summed E-state index contributed by atoms with van der Waals surface area (Å²) in [5.41, 5.74) is 3.21. The lowest BCUT2D eigenvalue weighted by molar-refractivity contribution is -0.254. The number of aromatic nitrogens is 1. The number of nitrogens with zero attached hydrogens (tertiary/aromatic N) is 1. The normalized spacial score (nSPS) is 14.5. The molecule has 0 spiro atoms. The van der Waals surface area contributed by atoms with Crippen LogP contribution in [0, 0.1) is 0 Å². The van der Waals surface area contributed by atoms with E-state index in [1.165, 1.54) is 10.8 Å². The highest BCUT2D eigenvalue weighted by molar-refractivity contribution is 5.94. The van der Waals surface area contributed by atoms with E-state index in [0.29, 0.717) is 11.5 Å². The van der Waals surface area contributed by atoms with Gasteiger partial charge in [-0.15, -0.1) is 0 Å². The van der Waals surface area contributed by atoms with E-state index in [9.17, 15) is 4.79 Å². The predicted octanol–water partition coefficient (Wildman–Crippen LogP) is 3.19. The summed E-state index contributed by atoms with van der Waals surface area (Å²) in [6.07, 6.45) is 1.07. The Balaban J connectivity index is 2.14. The number of hydrogen-bond donors (Lipinski definition) is 1. The number of benzene rings is 1. The number of fused-ring (bicyclic) bond motifs is 1. The van der Waals surface area contributed by atoms with Crippen molar-refractivity contribution in [2.24, 2.45) is 0 Å². The summed E-state index contributed by atoms with van der Waals surface area (Å²) < 4.78 is 6.95. The average molecular weight is 288 g/mol. The third kappa shape index (κ3) is 2.57. The van der Waals surface area contributed by atoms with E-state index >= 15 is 0 Å². The van der Waals surface area contributed by atoms with Crippen LogP contribution >= 0.6 is 0 Å². The van der Waals surface area contributed by atoms with Gasteiger partial charge in [0.15, 0.2) is 0 Å². The Labute approximate surface area is 121 Å². The van der Waals surface area contributed by atoms with Crippen molar-refractivity contribution in [1.82, 2.24) is 10.0 Å². The molecule has 0 amide bonds. The zero-order chi connectivity index (χ0) is 15.0. The van der Waals surface area contributed by atoms with Crippen LogP contribution < -0.4 is 5.48 Å². The van der Waals surface area contributed by atoms with E-state index in [4.69, 9.17) is 9.62 Å². The van der Waals surface area contributed by atoms with Gasteiger partial charge in [0, 0.05) is 5.39 Å². The molecule has 0 unspecified atom stereocenters. The first-order valence-electron chi connectivity index (χ1n) is 6.59. The van der Waals surface area contributed by atoms with Crippen LogP contribution in [0.4, 0.5) is 4.79 Å². The molecule has 110 valence electrons. The molecule has 0 radical (unpaired) electrons. The molecule has 2 heterocycles. The largest absolute Gasteiger partial charge is 0.443 e. The summed E-state index contributed by atoms with van der Waals surface area (Å²) in [5, 5.41) is 0.912. The minimum absolute atomic E-state index is 0.414. The standard InChI is InChI=1S/C15H16N2O4/c1-15(2,3)19-14(18)17-11-7-5-4-6-10(11)8-12(17)13-9-16-21-20-13/h4-9,16H,1-3H3. The highest BCUT2D eigenvalue weighted by Crippen LogP contribution is 2.28. The lowest BCUT2D eigenvalue weighted by Crippen LogP contribution is -2.27. The molecule has 21 heavy (non-hydrogen) atoms. The number of hydroxylamine groups is 1. The van der Waals surface area contributed by atoms with Crippen molar-refractivity contribution in [2.75, 3.05) is 0 Å². The van der Waals surface area contributed by atoms with Crippen molar-refractivity contribution >= 4 is 22.8 Å². The number of carbonyl (C=O) groups excluding carboxylic acids is 1. The maximum atomic E-state index is 12.5. The number of para-hydroxylation sites is 1. The van der Waals surface area contributed by atoms with Gasteiger partial charge < -0.3 is 9.62 Å². The van der Waals surface area contributed by atoms with Gasteiger partial charge in [-0.3, -0.25) is 0 Å². The van der Waals surface area contributed by atoms with Crippen LogP contribution in [0.25, 0.3) is 16.7 Å². The SMILES string of the molecule is CC(C)(C)OC(=O)n1c(C2=CNOO2)cc2ccccc21. The van der Waals surface area contributed by atoms with E-state index in [1.807, 2.05) is 51.1 Å². The molecule has 1 aromatic heterocycles. The molecule has 1 N–H and O–H groups in total. The van der Waals surface area contributed by atoms with Crippen LogP contribution in [0.15, 0.2) is 36.5 Å². The average Bonchev–Trinajstić information content (AvgIpc) is 3.03. The van der Waals surface area contributed by atoms with Gasteiger partial charge in [0.05, 0.1) is 11.7 Å². The van der Waals surface area contributed by atoms with E-state index < -0.39 is 11.7 Å². The zero-order valence-corrected chi connectivity index (χ0v) is 12.0. The quantitative estimate of drug-likeness (QED) is 0.816. The predicted molar refractivity (Wildman–Crippen MR) is 76.9 cm³/mol. The van der Waals surface area contributed by atoms with Crippen molar-refractivity contribution in [3.63, 3.8) is 0 Å². The van der Waals surface area contributed by atoms with Gasteiger partial charge in [0.2, 0.25) is 5.76 Å².